The van der Waals surface area contributed by atoms with Gasteiger partial charge in [-0.25, -0.2) is 9.48 Å². The van der Waals surface area contributed by atoms with Crippen LogP contribution >= 0.6 is 39.3 Å². The lowest BCUT2D eigenvalue weighted by Gasteiger charge is -2.28. The molecule has 1 aliphatic rings. The number of halogens is 2. The maximum Gasteiger partial charge on any atom is 0.338 e. The smallest absolute Gasteiger partial charge is 0.338 e. The monoisotopic (exact) mass is 654 g/mol. The average molecular weight is 656 g/mol. The lowest BCUT2D eigenvalue weighted by molar-refractivity contribution is -0.140. The summed E-state index contributed by atoms with van der Waals surface area (Å²) < 4.78 is 19.7. The number of methoxy groups -OCH3 is 1. The predicted octanol–water partition coefficient (Wildman–Crippen LogP) is 7.43. The summed E-state index contributed by atoms with van der Waals surface area (Å²) in [5, 5.41) is 9.30. The van der Waals surface area contributed by atoms with E-state index in [1.54, 1.807) is 11.8 Å². The minimum Gasteiger partial charge on any atom is -0.493 e. The van der Waals surface area contributed by atoms with E-state index < -0.39 is 12.0 Å². The number of thioether (sulfide) groups is 1. The molecule has 11 heteroatoms. The quantitative estimate of drug-likeness (QED) is 0.140. The van der Waals surface area contributed by atoms with Gasteiger partial charge in [0.25, 0.3) is 0 Å². The first-order chi connectivity index (χ1) is 19.9. The van der Waals surface area contributed by atoms with Gasteiger partial charge in [0.1, 0.15) is 12.6 Å². The number of nitrogens with one attached hydrogen (secondary N) is 1. The second-order valence-electron chi connectivity index (χ2n) is 9.14. The number of carbonyl (C=O) groups excluding carboxylic acids is 1. The van der Waals surface area contributed by atoms with Crippen LogP contribution in [0.4, 0.5) is 5.95 Å². The molecule has 3 aromatic carbocycles. The Balaban J connectivity index is 1.53. The molecule has 0 aliphatic carbocycles. The summed E-state index contributed by atoms with van der Waals surface area (Å²) in [6.45, 7) is 4.35. The number of anilines is 1. The molecule has 212 valence electrons. The van der Waals surface area contributed by atoms with Gasteiger partial charge in [0.2, 0.25) is 11.1 Å². The normalized spacial score (nSPS) is 14.3. The molecule has 0 spiro atoms. The van der Waals surface area contributed by atoms with Gasteiger partial charge in [-0.05, 0) is 64.7 Å². The molecule has 0 saturated carbocycles. The molecule has 0 radical (unpaired) electrons. The first-order valence-corrected chi connectivity index (χ1v) is 15.1. The third-order valence-electron chi connectivity index (χ3n) is 6.44. The number of hydrogen-bond acceptors (Lipinski definition) is 8. The largest absolute Gasteiger partial charge is 0.493 e. The van der Waals surface area contributed by atoms with Crippen molar-refractivity contribution in [3.8, 4) is 11.5 Å². The Morgan fingerprint density at radius 3 is 2.63 bits per heavy atom. The molecule has 1 aliphatic heterocycles. The molecule has 5 rings (SSSR count). The highest BCUT2D eigenvalue weighted by Gasteiger charge is 2.36. The van der Waals surface area contributed by atoms with E-state index in [0.29, 0.717) is 55.7 Å². The van der Waals surface area contributed by atoms with E-state index in [4.69, 9.17) is 35.9 Å². The number of hydrogen-bond donors (Lipinski definition) is 1. The van der Waals surface area contributed by atoms with Gasteiger partial charge in [0.05, 0.1) is 23.8 Å². The van der Waals surface area contributed by atoms with Crippen molar-refractivity contribution in [3.63, 3.8) is 0 Å². The van der Waals surface area contributed by atoms with E-state index in [0.717, 1.165) is 16.7 Å². The third kappa shape index (κ3) is 6.39. The minimum absolute atomic E-state index is 0.141. The maximum absolute atomic E-state index is 13.7. The van der Waals surface area contributed by atoms with Gasteiger partial charge in [0.15, 0.2) is 11.5 Å². The van der Waals surface area contributed by atoms with Crippen molar-refractivity contribution in [3.05, 3.63) is 104 Å². The first kappa shape index (κ1) is 29.0. The highest BCUT2D eigenvalue weighted by molar-refractivity contribution is 9.10. The van der Waals surface area contributed by atoms with Crippen LogP contribution in [0.1, 0.15) is 36.6 Å². The predicted molar refractivity (Wildman–Crippen MR) is 164 cm³/mol. The number of fused-ring (bicyclic) bond motifs is 1. The number of nitrogens with zero attached hydrogens (tertiary/aromatic N) is 3. The first-order valence-electron chi connectivity index (χ1n) is 12.9. The second kappa shape index (κ2) is 13.0. The van der Waals surface area contributed by atoms with Crippen molar-refractivity contribution in [1.29, 1.82) is 0 Å². The lowest BCUT2D eigenvalue weighted by atomic mass is 9.95. The summed E-state index contributed by atoms with van der Waals surface area (Å²) in [6.07, 6.45) is 0. The van der Waals surface area contributed by atoms with Crippen molar-refractivity contribution < 1.29 is 19.0 Å². The van der Waals surface area contributed by atoms with Crippen LogP contribution in [0.5, 0.6) is 11.5 Å². The van der Waals surface area contributed by atoms with Crippen LogP contribution in [0.3, 0.4) is 0 Å². The van der Waals surface area contributed by atoms with E-state index in [-0.39, 0.29) is 6.61 Å². The average Bonchev–Trinajstić information content (AvgIpc) is 3.38. The molecule has 0 bridgehead atoms. The fourth-order valence-electron chi connectivity index (χ4n) is 4.51. The van der Waals surface area contributed by atoms with Gasteiger partial charge < -0.3 is 19.5 Å². The molecular weight excluding hydrogens is 628 g/mol. The van der Waals surface area contributed by atoms with Crippen LogP contribution in [0.15, 0.2) is 87.6 Å². The van der Waals surface area contributed by atoms with Crippen molar-refractivity contribution in [1.82, 2.24) is 14.8 Å². The minimum atomic E-state index is -0.641. The van der Waals surface area contributed by atoms with Crippen LogP contribution < -0.4 is 14.8 Å². The zero-order valence-corrected chi connectivity index (χ0v) is 25.8. The molecule has 2 heterocycles. The molecular formula is C30H28BrClN4O4S. The van der Waals surface area contributed by atoms with Gasteiger partial charge in [-0.1, -0.05) is 71.9 Å². The number of benzene rings is 3. The van der Waals surface area contributed by atoms with Crippen LogP contribution in [0, 0.1) is 0 Å². The van der Waals surface area contributed by atoms with E-state index in [9.17, 15) is 4.79 Å². The number of allylic oxidation sites excluding steroid dienone is 1. The Bertz CT molecular complexity index is 1590. The summed E-state index contributed by atoms with van der Waals surface area (Å²) in [6, 6.07) is 20.4. The maximum atomic E-state index is 13.7. The zero-order valence-electron chi connectivity index (χ0n) is 22.7. The van der Waals surface area contributed by atoms with Crippen LogP contribution in [0.25, 0.3) is 0 Å². The fourth-order valence-corrected chi connectivity index (χ4v) is 6.19. The van der Waals surface area contributed by atoms with Gasteiger partial charge in [0, 0.05) is 16.5 Å². The fraction of sp³-hybridized carbons (Fsp3) is 0.233. The summed E-state index contributed by atoms with van der Waals surface area (Å²) >= 11 is 11.5. The highest BCUT2D eigenvalue weighted by atomic mass is 79.9. The Morgan fingerprint density at radius 1 is 1.15 bits per heavy atom. The molecule has 0 fully saturated rings. The summed E-state index contributed by atoms with van der Waals surface area (Å²) in [7, 11) is 1.58. The lowest BCUT2D eigenvalue weighted by Crippen LogP contribution is -2.29. The second-order valence-corrected chi connectivity index (χ2v) is 11.3. The van der Waals surface area contributed by atoms with Crippen molar-refractivity contribution >= 4 is 51.2 Å². The zero-order chi connectivity index (χ0) is 28.9. The van der Waals surface area contributed by atoms with E-state index in [2.05, 4.69) is 21.2 Å². The molecule has 4 aromatic rings. The number of ether oxygens (including phenoxy) is 3. The van der Waals surface area contributed by atoms with E-state index in [1.165, 1.54) is 11.8 Å². The summed E-state index contributed by atoms with van der Waals surface area (Å²) in [5.41, 5.74) is 3.66. The van der Waals surface area contributed by atoms with Crippen LogP contribution in [0.2, 0.25) is 5.02 Å². The van der Waals surface area contributed by atoms with E-state index >= 15 is 0 Å². The Hall–Kier alpha value is -3.47. The highest BCUT2D eigenvalue weighted by Crippen LogP contribution is 2.43. The van der Waals surface area contributed by atoms with Gasteiger partial charge in [-0.3, -0.25) is 0 Å². The van der Waals surface area contributed by atoms with Gasteiger partial charge in [-0.15, -0.1) is 5.10 Å². The van der Waals surface area contributed by atoms with Gasteiger partial charge in [-0.2, -0.15) is 4.98 Å². The summed E-state index contributed by atoms with van der Waals surface area (Å²) in [4.78, 5) is 18.4. The van der Waals surface area contributed by atoms with Crippen molar-refractivity contribution in [2.24, 2.45) is 0 Å². The standard InChI is InChI=1S/C30H28BrClN4O4S/c1-4-39-27-22(31)14-21(15-24(27)38-3)26-25(28(37)40-16-19-10-6-5-7-11-19)18(2)33-29-34-30(35-36(26)29)41-17-20-12-8-9-13-23(20)32/h5-15,26H,4,16-17H2,1-3H3,(H,33,34,35). The number of carbonyl (C=O) groups is 1. The Kier molecular flexibility index (Phi) is 9.22. The van der Waals surface area contributed by atoms with Crippen molar-refractivity contribution in [2.75, 3.05) is 19.0 Å². The number of rotatable bonds is 10. The third-order valence-corrected chi connectivity index (χ3v) is 8.28. The van der Waals surface area contributed by atoms with Crippen LogP contribution in [-0.4, -0.2) is 34.5 Å². The van der Waals surface area contributed by atoms with Gasteiger partial charge >= 0.3 is 5.97 Å². The number of aromatic nitrogens is 3. The Morgan fingerprint density at radius 2 is 1.90 bits per heavy atom. The molecule has 1 atom stereocenters. The topological polar surface area (TPSA) is 87.5 Å². The molecule has 41 heavy (non-hydrogen) atoms. The molecule has 1 aromatic heterocycles. The number of esters is 1. The SMILES string of the molecule is CCOc1c(Br)cc(C2C(C(=O)OCc3ccccc3)=C(C)Nc3nc(SCc4ccccc4Cl)nn32)cc1OC. The Labute approximate surface area is 256 Å². The molecule has 8 nitrogen and oxygen atoms in total. The van der Waals surface area contributed by atoms with Crippen molar-refractivity contribution in [2.45, 2.75) is 37.4 Å². The molecule has 0 amide bonds. The molecule has 1 N–H and O–H groups in total. The van der Waals surface area contributed by atoms with E-state index in [1.807, 2.05) is 80.6 Å². The summed E-state index contributed by atoms with van der Waals surface area (Å²) in [5.74, 6) is 1.75. The molecule has 1 unspecified atom stereocenters. The molecule has 0 saturated heterocycles. The van der Waals surface area contributed by atoms with Crippen LogP contribution in [-0.2, 0) is 21.9 Å².